The Morgan fingerprint density at radius 2 is 2.29 bits per heavy atom. The highest BCUT2D eigenvalue weighted by Gasteiger charge is 2.04. The van der Waals surface area contributed by atoms with Crippen molar-refractivity contribution in [3.8, 4) is 5.88 Å². The number of aromatic nitrogens is 1. The Kier molecular flexibility index (Phi) is 5.13. The van der Waals surface area contributed by atoms with Crippen LogP contribution in [-0.2, 0) is 0 Å². The number of aliphatic hydroxyl groups excluding tert-OH is 2. The first-order valence-corrected chi connectivity index (χ1v) is 5.33. The van der Waals surface area contributed by atoms with Crippen molar-refractivity contribution in [3.63, 3.8) is 0 Å². The molecule has 0 saturated carbocycles. The fourth-order valence-corrected chi connectivity index (χ4v) is 1.18. The molecule has 1 aromatic heterocycles. The van der Waals surface area contributed by atoms with Crippen LogP contribution in [0.2, 0.25) is 0 Å². The number of hydrogen-bond acceptors (Lipinski definition) is 4. The van der Waals surface area contributed by atoms with Gasteiger partial charge >= 0.3 is 0 Å². The second kappa shape index (κ2) is 6.15. The van der Waals surface area contributed by atoms with E-state index >= 15 is 0 Å². The molecular formula is C9H12INO3. The van der Waals surface area contributed by atoms with Crippen molar-refractivity contribution in [1.29, 1.82) is 0 Å². The smallest absolute Gasteiger partial charge is 0.213 e. The van der Waals surface area contributed by atoms with Crippen molar-refractivity contribution in [2.45, 2.75) is 12.5 Å². The molecule has 0 saturated heterocycles. The molecule has 0 aliphatic carbocycles. The Labute approximate surface area is 96.1 Å². The SMILES string of the molecule is OCCC(O)COc1ccc(I)cn1. The fourth-order valence-electron chi connectivity index (χ4n) is 0.862. The van der Waals surface area contributed by atoms with Crippen molar-refractivity contribution >= 4 is 22.6 Å². The number of ether oxygens (including phenoxy) is 1. The number of halogens is 1. The summed E-state index contributed by atoms with van der Waals surface area (Å²) in [4.78, 5) is 4.01. The van der Waals surface area contributed by atoms with Crippen LogP contribution in [0.15, 0.2) is 18.3 Å². The molecule has 0 aliphatic rings. The molecule has 1 heterocycles. The van der Waals surface area contributed by atoms with Gasteiger partial charge in [0.25, 0.3) is 0 Å². The summed E-state index contributed by atoms with van der Waals surface area (Å²) in [5.74, 6) is 0.488. The molecule has 4 nitrogen and oxygen atoms in total. The summed E-state index contributed by atoms with van der Waals surface area (Å²) in [5.41, 5.74) is 0. The highest BCUT2D eigenvalue weighted by molar-refractivity contribution is 14.1. The zero-order chi connectivity index (χ0) is 10.4. The molecule has 0 radical (unpaired) electrons. The Morgan fingerprint density at radius 3 is 2.86 bits per heavy atom. The first kappa shape index (κ1) is 11.7. The average Bonchev–Trinajstić information content (AvgIpc) is 2.17. The van der Waals surface area contributed by atoms with E-state index in [9.17, 15) is 5.11 Å². The van der Waals surface area contributed by atoms with Crippen molar-refractivity contribution in [2.75, 3.05) is 13.2 Å². The predicted molar refractivity (Wildman–Crippen MR) is 60.2 cm³/mol. The third kappa shape index (κ3) is 4.21. The topological polar surface area (TPSA) is 62.6 Å². The van der Waals surface area contributed by atoms with Gasteiger partial charge in [-0.2, -0.15) is 0 Å². The Hall–Kier alpha value is -0.400. The maximum absolute atomic E-state index is 9.25. The van der Waals surface area contributed by atoms with E-state index in [2.05, 4.69) is 27.6 Å². The van der Waals surface area contributed by atoms with Gasteiger partial charge in [-0.3, -0.25) is 0 Å². The molecule has 14 heavy (non-hydrogen) atoms. The van der Waals surface area contributed by atoms with E-state index in [1.807, 2.05) is 6.07 Å². The highest BCUT2D eigenvalue weighted by atomic mass is 127. The van der Waals surface area contributed by atoms with E-state index < -0.39 is 6.10 Å². The van der Waals surface area contributed by atoms with Crippen LogP contribution in [0.5, 0.6) is 5.88 Å². The maximum Gasteiger partial charge on any atom is 0.213 e. The minimum absolute atomic E-state index is 0.0371. The van der Waals surface area contributed by atoms with Crippen LogP contribution in [-0.4, -0.2) is 34.5 Å². The van der Waals surface area contributed by atoms with Crippen LogP contribution < -0.4 is 4.74 Å². The van der Waals surface area contributed by atoms with E-state index in [1.54, 1.807) is 12.3 Å². The number of aliphatic hydroxyl groups is 2. The van der Waals surface area contributed by atoms with Crippen LogP contribution in [0, 0.1) is 3.57 Å². The normalized spacial score (nSPS) is 12.5. The number of rotatable bonds is 5. The minimum Gasteiger partial charge on any atom is -0.475 e. The lowest BCUT2D eigenvalue weighted by atomic mass is 10.3. The zero-order valence-electron chi connectivity index (χ0n) is 7.56. The second-order valence-electron chi connectivity index (χ2n) is 2.79. The van der Waals surface area contributed by atoms with Crippen LogP contribution in [0.4, 0.5) is 0 Å². The molecule has 0 aromatic carbocycles. The van der Waals surface area contributed by atoms with Crippen LogP contribution in [0.3, 0.4) is 0 Å². The lowest BCUT2D eigenvalue weighted by Crippen LogP contribution is -2.19. The summed E-state index contributed by atoms with van der Waals surface area (Å²) >= 11 is 2.15. The molecular weight excluding hydrogens is 297 g/mol. The molecule has 1 atom stereocenters. The summed E-state index contributed by atoms with van der Waals surface area (Å²) in [7, 11) is 0. The monoisotopic (exact) mass is 309 g/mol. The standard InChI is InChI=1S/C9H12INO3/c10-7-1-2-9(11-5-7)14-6-8(13)3-4-12/h1-2,5,8,12-13H,3-4,6H2. The van der Waals surface area contributed by atoms with Gasteiger partial charge in [0.15, 0.2) is 0 Å². The number of nitrogens with zero attached hydrogens (tertiary/aromatic N) is 1. The second-order valence-corrected chi connectivity index (χ2v) is 4.04. The molecule has 1 unspecified atom stereocenters. The Bertz CT molecular complexity index is 265. The zero-order valence-corrected chi connectivity index (χ0v) is 9.72. The van der Waals surface area contributed by atoms with Crippen molar-refractivity contribution in [2.24, 2.45) is 0 Å². The minimum atomic E-state index is -0.638. The third-order valence-electron chi connectivity index (χ3n) is 1.59. The van der Waals surface area contributed by atoms with Crippen molar-refractivity contribution in [1.82, 2.24) is 4.98 Å². The lowest BCUT2D eigenvalue weighted by molar-refractivity contribution is 0.0802. The molecule has 0 bridgehead atoms. The van der Waals surface area contributed by atoms with Crippen LogP contribution in [0.25, 0.3) is 0 Å². The van der Waals surface area contributed by atoms with Crippen LogP contribution >= 0.6 is 22.6 Å². The van der Waals surface area contributed by atoms with Gasteiger partial charge in [0.2, 0.25) is 5.88 Å². The summed E-state index contributed by atoms with van der Waals surface area (Å²) in [5, 5.41) is 17.8. The summed E-state index contributed by atoms with van der Waals surface area (Å²) in [6.07, 6.45) is 1.37. The first-order valence-electron chi connectivity index (χ1n) is 4.25. The van der Waals surface area contributed by atoms with Crippen molar-refractivity contribution in [3.05, 3.63) is 21.9 Å². The Morgan fingerprint density at radius 1 is 1.50 bits per heavy atom. The molecule has 0 spiro atoms. The van der Waals surface area contributed by atoms with E-state index in [4.69, 9.17) is 9.84 Å². The van der Waals surface area contributed by atoms with Gasteiger partial charge in [-0.1, -0.05) is 0 Å². The molecule has 2 N–H and O–H groups in total. The number of hydrogen-bond donors (Lipinski definition) is 2. The van der Waals surface area contributed by atoms with Gasteiger partial charge in [0.05, 0.1) is 6.10 Å². The lowest BCUT2D eigenvalue weighted by Gasteiger charge is -2.09. The first-order chi connectivity index (χ1) is 6.72. The molecule has 5 heteroatoms. The quantitative estimate of drug-likeness (QED) is 0.790. The van der Waals surface area contributed by atoms with Gasteiger partial charge < -0.3 is 14.9 Å². The van der Waals surface area contributed by atoms with E-state index in [0.29, 0.717) is 12.3 Å². The largest absolute Gasteiger partial charge is 0.475 e. The summed E-state index contributed by atoms with van der Waals surface area (Å²) in [6.45, 7) is 0.124. The van der Waals surface area contributed by atoms with E-state index in [-0.39, 0.29) is 13.2 Å². The predicted octanol–water partition coefficient (Wildman–Crippen LogP) is 0.808. The molecule has 0 amide bonds. The number of pyridine rings is 1. The molecule has 0 aliphatic heterocycles. The molecule has 1 rings (SSSR count). The third-order valence-corrected chi connectivity index (χ3v) is 2.22. The maximum atomic E-state index is 9.25. The van der Waals surface area contributed by atoms with Gasteiger partial charge in [-0.25, -0.2) is 4.98 Å². The van der Waals surface area contributed by atoms with Gasteiger partial charge in [0, 0.05) is 22.4 Å². The molecule has 0 fully saturated rings. The Balaban J connectivity index is 2.34. The summed E-state index contributed by atoms with van der Waals surface area (Å²) < 4.78 is 6.23. The van der Waals surface area contributed by atoms with E-state index in [1.165, 1.54) is 0 Å². The van der Waals surface area contributed by atoms with Gasteiger partial charge in [-0.15, -0.1) is 0 Å². The van der Waals surface area contributed by atoms with Crippen LogP contribution in [0.1, 0.15) is 6.42 Å². The van der Waals surface area contributed by atoms with E-state index in [0.717, 1.165) is 3.57 Å². The summed E-state index contributed by atoms with van der Waals surface area (Å²) in [6, 6.07) is 3.62. The van der Waals surface area contributed by atoms with Gasteiger partial charge in [-0.05, 0) is 35.1 Å². The molecule has 78 valence electrons. The average molecular weight is 309 g/mol. The highest BCUT2D eigenvalue weighted by Crippen LogP contribution is 2.09. The van der Waals surface area contributed by atoms with Crippen molar-refractivity contribution < 1.29 is 14.9 Å². The molecule has 1 aromatic rings. The fraction of sp³-hybridized carbons (Fsp3) is 0.444. The van der Waals surface area contributed by atoms with Gasteiger partial charge in [0.1, 0.15) is 6.61 Å².